The van der Waals surface area contributed by atoms with Crippen LogP contribution in [0.25, 0.3) is 11.0 Å². The second-order valence-corrected chi connectivity index (χ2v) is 5.02. The summed E-state index contributed by atoms with van der Waals surface area (Å²) >= 11 is 0. The van der Waals surface area contributed by atoms with Crippen molar-refractivity contribution in [1.82, 2.24) is 15.3 Å². The van der Waals surface area contributed by atoms with Gasteiger partial charge in [-0.15, -0.1) is 0 Å². The van der Waals surface area contributed by atoms with E-state index in [1.807, 2.05) is 30.5 Å². The van der Waals surface area contributed by atoms with E-state index in [9.17, 15) is 0 Å². The number of nitrogens with zero attached hydrogens (tertiary/aromatic N) is 2. The second-order valence-electron chi connectivity index (χ2n) is 5.02. The largest absolute Gasteiger partial charge is 0.383 e. The van der Waals surface area contributed by atoms with Crippen LogP contribution in [-0.2, 0) is 11.3 Å². The van der Waals surface area contributed by atoms with Gasteiger partial charge in [-0.25, -0.2) is 4.98 Å². The Morgan fingerprint density at radius 3 is 2.67 bits per heavy atom. The summed E-state index contributed by atoms with van der Waals surface area (Å²) in [7, 11) is 1.71. The van der Waals surface area contributed by atoms with E-state index in [0.717, 1.165) is 16.7 Å². The van der Waals surface area contributed by atoms with Gasteiger partial charge in [-0.1, -0.05) is 12.1 Å². The van der Waals surface area contributed by atoms with Gasteiger partial charge in [0.15, 0.2) is 0 Å². The summed E-state index contributed by atoms with van der Waals surface area (Å²) in [6.45, 7) is 5.55. The maximum atomic E-state index is 5.17. The van der Waals surface area contributed by atoms with Crippen LogP contribution >= 0.6 is 0 Å². The van der Waals surface area contributed by atoms with Crippen molar-refractivity contribution in [3.8, 4) is 0 Å². The van der Waals surface area contributed by atoms with Gasteiger partial charge < -0.3 is 10.1 Å². The van der Waals surface area contributed by atoms with Crippen LogP contribution in [0.4, 0.5) is 0 Å². The van der Waals surface area contributed by atoms with Gasteiger partial charge in [0.2, 0.25) is 0 Å². The molecule has 1 aromatic carbocycles. The average molecular weight is 245 g/mol. The molecular weight excluding hydrogens is 226 g/mol. The number of nitrogens with one attached hydrogen (secondary N) is 1. The van der Waals surface area contributed by atoms with Gasteiger partial charge in [0.25, 0.3) is 0 Å². The third-order valence-electron chi connectivity index (χ3n) is 2.75. The fraction of sp³-hybridized carbons (Fsp3) is 0.429. The van der Waals surface area contributed by atoms with E-state index in [0.29, 0.717) is 13.2 Å². The van der Waals surface area contributed by atoms with Crippen molar-refractivity contribution < 1.29 is 4.74 Å². The quantitative estimate of drug-likeness (QED) is 0.876. The van der Waals surface area contributed by atoms with Gasteiger partial charge >= 0.3 is 0 Å². The van der Waals surface area contributed by atoms with Gasteiger partial charge in [0, 0.05) is 19.2 Å². The smallest absolute Gasteiger partial charge is 0.0890 e. The first-order valence-electron chi connectivity index (χ1n) is 6.05. The number of aromatic nitrogens is 2. The summed E-state index contributed by atoms with van der Waals surface area (Å²) in [5, 5.41) is 3.41. The molecule has 2 aromatic rings. The molecule has 0 saturated heterocycles. The summed E-state index contributed by atoms with van der Waals surface area (Å²) in [5.74, 6) is 0. The standard InChI is InChI=1S/C14H19N3O/c1-14(2,10-18-3)16-9-11-8-15-12-6-4-5-7-13(12)17-11/h4-8,16H,9-10H2,1-3H3. The van der Waals surface area contributed by atoms with E-state index < -0.39 is 0 Å². The summed E-state index contributed by atoms with van der Waals surface area (Å²) in [5.41, 5.74) is 2.74. The van der Waals surface area contributed by atoms with Crippen molar-refractivity contribution in [1.29, 1.82) is 0 Å². The van der Waals surface area contributed by atoms with Crippen molar-refractivity contribution in [3.05, 3.63) is 36.2 Å². The fourth-order valence-corrected chi connectivity index (χ4v) is 1.82. The molecule has 4 heteroatoms. The molecule has 1 aromatic heterocycles. The maximum absolute atomic E-state index is 5.17. The van der Waals surface area contributed by atoms with E-state index in [1.165, 1.54) is 0 Å². The molecule has 0 aliphatic rings. The Morgan fingerprint density at radius 1 is 1.22 bits per heavy atom. The lowest BCUT2D eigenvalue weighted by Gasteiger charge is -2.25. The van der Waals surface area contributed by atoms with Gasteiger partial charge in [-0.2, -0.15) is 0 Å². The maximum Gasteiger partial charge on any atom is 0.0890 e. The van der Waals surface area contributed by atoms with Crippen LogP contribution in [0.1, 0.15) is 19.5 Å². The van der Waals surface area contributed by atoms with Crippen molar-refractivity contribution >= 4 is 11.0 Å². The average Bonchev–Trinajstić information content (AvgIpc) is 2.36. The lowest BCUT2D eigenvalue weighted by Crippen LogP contribution is -2.42. The Kier molecular flexibility index (Phi) is 3.89. The highest BCUT2D eigenvalue weighted by atomic mass is 16.5. The number of benzene rings is 1. The predicted octanol–water partition coefficient (Wildman–Crippen LogP) is 2.14. The van der Waals surface area contributed by atoms with Crippen LogP contribution < -0.4 is 5.32 Å². The third kappa shape index (κ3) is 3.24. The first-order chi connectivity index (χ1) is 8.61. The van der Waals surface area contributed by atoms with Crippen molar-refractivity contribution in [2.75, 3.05) is 13.7 Å². The molecule has 0 aliphatic carbocycles. The van der Waals surface area contributed by atoms with Crippen LogP contribution in [0.2, 0.25) is 0 Å². The Hall–Kier alpha value is -1.52. The molecule has 96 valence electrons. The van der Waals surface area contributed by atoms with Crippen LogP contribution in [0.3, 0.4) is 0 Å². The number of methoxy groups -OCH3 is 1. The zero-order valence-corrected chi connectivity index (χ0v) is 11.1. The Balaban J connectivity index is 2.08. The van der Waals surface area contributed by atoms with Gasteiger partial charge in [0.05, 0.1) is 29.5 Å². The number of para-hydroxylation sites is 2. The molecule has 0 radical (unpaired) electrons. The zero-order valence-electron chi connectivity index (χ0n) is 11.1. The molecule has 1 heterocycles. The van der Waals surface area contributed by atoms with E-state index in [2.05, 4.69) is 29.1 Å². The summed E-state index contributed by atoms with van der Waals surface area (Å²) < 4.78 is 5.17. The molecule has 1 N–H and O–H groups in total. The molecule has 0 fully saturated rings. The Morgan fingerprint density at radius 2 is 1.94 bits per heavy atom. The molecule has 0 atom stereocenters. The minimum absolute atomic E-state index is 0.0674. The van der Waals surface area contributed by atoms with Crippen molar-refractivity contribution in [2.45, 2.75) is 25.9 Å². The number of fused-ring (bicyclic) bond motifs is 1. The third-order valence-corrected chi connectivity index (χ3v) is 2.75. The lowest BCUT2D eigenvalue weighted by atomic mass is 10.1. The zero-order chi connectivity index (χ0) is 13.0. The highest BCUT2D eigenvalue weighted by Gasteiger charge is 2.16. The van der Waals surface area contributed by atoms with Crippen LogP contribution in [0.5, 0.6) is 0 Å². The van der Waals surface area contributed by atoms with Crippen molar-refractivity contribution in [3.63, 3.8) is 0 Å². The summed E-state index contributed by atoms with van der Waals surface area (Å²) in [4.78, 5) is 8.97. The van der Waals surface area contributed by atoms with Gasteiger partial charge in [-0.05, 0) is 26.0 Å². The minimum atomic E-state index is -0.0674. The van der Waals surface area contributed by atoms with Gasteiger partial charge in [0.1, 0.15) is 0 Å². The Bertz CT molecular complexity index is 525. The molecule has 18 heavy (non-hydrogen) atoms. The van der Waals surface area contributed by atoms with Crippen molar-refractivity contribution in [2.24, 2.45) is 0 Å². The number of hydrogen-bond acceptors (Lipinski definition) is 4. The molecule has 0 saturated carbocycles. The first-order valence-corrected chi connectivity index (χ1v) is 6.05. The van der Waals surface area contributed by atoms with E-state index >= 15 is 0 Å². The fourth-order valence-electron chi connectivity index (χ4n) is 1.82. The van der Waals surface area contributed by atoms with E-state index in [4.69, 9.17) is 4.74 Å². The van der Waals surface area contributed by atoms with Crippen LogP contribution in [0.15, 0.2) is 30.5 Å². The minimum Gasteiger partial charge on any atom is -0.383 e. The summed E-state index contributed by atoms with van der Waals surface area (Å²) in [6.07, 6.45) is 1.82. The van der Waals surface area contributed by atoms with Gasteiger partial charge in [-0.3, -0.25) is 4.98 Å². The highest BCUT2D eigenvalue weighted by Crippen LogP contribution is 2.09. The molecule has 4 nitrogen and oxygen atoms in total. The predicted molar refractivity (Wildman–Crippen MR) is 72.3 cm³/mol. The molecule has 0 amide bonds. The molecule has 0 bridgehead atoms. The first kappa shape index (κ1) is 12.9. The molecular formula is C14H19N3O. The molecule has 0 unspecified atom stereocenters. The SMILES string of the molecule is COCC(C)(C)NCc1cnc2ccccc2n1. The molecule has 2 rings (SSSR count). The number of rotatable bonds is 5. The van der Waals surface area contributed by atoms with Crippen LogP contribution in [0, 0.1) is 0 Å². The van der Waals surface area contributed by atoms with E-state index in [-0.39, 0.29) is 5.54 Å². The number of ether oxygens (including phenoxy) is 1. The topological polar surface area (TPSA) is 47.0 Å². The van der Waals surface area contributed by atoms with Crippen LogP contribution in [-0.4, -0.2) is 29.2 Å². The van der Waals surface area contributed by atoms with E-state index in [1.54, 1.807) is 7.11 Å². The Labute approximate surface area is 107 Å². The number of hydrogen-bond donors (Lipinski definition) is 1. The summed E-state index contributed by atoms with van der Waals surface area (Å²) in [6, 6.07) is 7.89. The lowest BCUT2D eigenvalue weighted by molar-refractivity contribution is 0.127. The second kappa shape index (κ2) is 5.42. The molecule has 0 spiro atoms. The highest BCUT2D eigenvalue weighted by molar-refractivity contribution is 5.73. The molecule has 0 aliphatic heterocycles. The normalized spacial score (nSPS) is 11.9. The monoisotopic (exact) mass is 245 g/mol.